The smallest absolute Gasteiger partial charge is 0.248 e. The molecular formula is C6H9N2+. The molecule has 0 radical (unpaired) electrons. The van der Waals surface area contributed by atoms with Gasteiger partial charge in [-0.3, -0.25) is 0 Å². The van der Waals surface area contributed by atoms with E-state index in [1.165, 1.54) is 0 Å². The number of rotatable bonds is 0. The van der Waals surface area contributed by atoms with Crippen molar-refractivity contribution in [3.63, 3.8) is 0 Å². The van der Waals surface area contributed by atoms with E-state index in [0.29, 0.717) is 0 Å². The lowest BCUT2D eigenvalue weighted by Gasteiger charge is -1.81. The molecule has 0 unspecified atom stereocenters. The van der Waals surface area contributed by atoms with E-state index in [2.05, 4.69) is 9.97 Å². The van der Waals surface area contributed by atoms with E-state index in [-0.39, 0.29) is 0 Å². The maximum atomic E-state index is 3.98. The molecule has 0 amide bonds. The summed E-state index contributed by atoms with van der Waals surface area (Å²) >= 11 is 0. The standard InChI is InChI=1S/C6H8N2/c1-5-3-6(2)8-4-7-5/h3-4H,1-2H3/p+1. The van der Waals surface area contributed by atoms with Crippen molar-refractivity contribution in [2.45, 2.75) is 13.8 Å². The van der Waals surface area contributed by atoms with E-state index in [4.69, 9.17) is 0 Å². The van der Waals surface area contributed by atoms with Gasteiger partial charge in [0.15, 0.2) is 5.69 Å². The van der Waals surface area contributed by atoms with Crippen LogP contribution in [0.5, 0.6) is 0 Å². The van der Waals surface area contributed by atoms with E-state index < -0.39 is 0 Å². The van der Waals surface area contributed by atoms with E-state index in [1.807, 2.05) is 19.9 Å². The van der Waals surface area contributed by atoms with Crippen LogP contribution in [-0.2, 0) is 0 Å². The molecule has 0 saturated heterocycles. The lowest BCUT2D eigenvalue weighted by molar-refractivity contribution is -0.392. The van der Waals surface area contributed by atoms with Gasteiger partial charge in [-0.15, -0.1) is 0 Å². The van der Waals surface area contributed by atoms with Gasteiger partial charge < -0.3 is 0 Å². The SMILES string of the molecule is Cc1cc(C)[nH+]cn1. The predicted molar refractivity (Wildman–Crippen MR) is 30.3 cm³/mol. The van der Waals surface area contributed by atoms with Crippen molar-refractivity contribution in [2.75, 3.05) is 0 Å². The molecule has 0 aliphatic rings. The number of nitrogens with zero attached hydrogens (tertiary/aromatic N) is 1. The van der Waals surface area contributed by atoms with Crippen molar-refractivity contribution in [1.82, 2.24) is 4.98 Å². The minimum Gasteiger partial charge on any atom is -0.248 e. The minimum absolute atomic E-state index is 1.06. The van der Waals surface area contributed by atoms with Gasteiger partial charge in [0, 0.05) is 13.0 Å². The Morgan fingerprint density at radius 2 is 2.25 bits per heavy atom. The summed E-state index contributed by atoms with van der Waals surface area (Å²) in [6.45, 7) is 3.98. The molecule has 0 fully saturated rings. The minimum atomic E-state index is 1.06. The first kappa shape index (κ1) is 5.22. The highest BCUT2D eigenvalue weighted by Gasteiger charge is 1.91. The second kappa shape index (κ2) is 1.90. The van der Waals surface area contributed by atoms with Crippen LogP contribution >= 0.6 is 0 Å². The molecule has 0 spiro atoms. The third-order valence-electron chi connectivity index (χ3n) is 0.986. The monoisotopic (exact) mass is 109 g/mol. The van der Waals surface area contributed by atoms with Crippen LogP contribution < -0.4 is 4.98 Å². The first-order valence-corrected chi connectivity index (χ1v) is 2.60. The summed E-state index contributed by atoms with van der Waals surface area (Å²) in [6.07, 6.45) is 1.70. The van der Waals surface area contributed by atoms with Crippen molar-refractivity contribution in [2.24, 2.45) is 0 Å². The van der Waals surface area contributed by atoms with E-state index in [0.717, 1.165) is 11.4 Å². The van der Waals surface area contributed by atoms with Crippen molar-refractivity contribution >= 4 is 0 Å². The molecule has 0 atom stereocenters. The normalized spacial score (nSPS) is 9.25. The van der Waals surface area contributed by atoms with Gasteiger partial charge in [0.25, 0.3) is 6.33 Å². The zero-order valence-electron chi connectivity index (χ0n) is 5.10. The quantitative estimate of drug-likeness (QED) is 0.477. The summed E-state index contributed by atoms with van der Waals surface area (Å²) in [5.74, 6) is 0. The lowest BCUT2D eigenvalue weighted by Crippen LogP contribution is -2.07. The predicted octanol–water partition coefficient (Wildman–Crippen LogP) is 0.513. The molecule has 0 aliphatic heterocycles. The fourth-order valence-electron chi connectivity index (χ4n) is 0.628. The Hall–Kier alpha value is -0.920. The van der Waals surface area contributed by atoms with Crippen molar-refractivity contribution in [3.8, 4) is 0 Å². The van der Waals surface area contributed by atoms with Gasteiger partial charge in [-0.1, -0.05) is 4.98 Å². The second-order valence-electron chi connectivity index (χ2n) is 1.87. The molecule has 8 heavy (non-hydrogen) atoms. The molecule has 1 heterocycles. The molecule has 0 saturated carbocycles. The van der Waals surface area contributed by atoms with Crippen LogP contribution in [0.4, 0.5) is 0 Å². The molecule has 2 nitrogen and oxygen atoms in total. The summed E-state index contributed by atoms with van der Waals surface area (Å²) in [6, 6.07) is 2.00. The first-order valence-electron chi connectivity index (χ1n) is 2.60. The number of hydrogen-bond donors (Lipinski definition) is 0. The molecule has 1 aromatic rings. The number of hydrogen-bond acceptors (Lipinski definition) is 1. The first-order chi connectivity index (χ1) is 3.79. The Kier molecular flexibility index (Phi) is 1.24. The van der Waals surface area contributed by atoms with E-state index >= 15 is 0 Å². The third kappa shape index (κ3) is 1.03. The summed E-state index contributed by atoms with van der Waals surface area (Å²) in [4.78, 5) is 6.95. The van der Waals surface area contributed by atoms with Gasteiger partial charge in [-0.25, -0.2) is 4.98 Å². The molecule has 0 aromatic carbocycles. The maximum Gasteiger partial charge on any atom is 0.284 e. The zero-order valence-corrected chi connectivity index (χ0v) is 5.10. The van der Waals surface area contributed by atoms with Gasteiger partial charge in [0.05, 0.1) is 0 Å². The van der Waals surface area contributed by atoms with Gasteiger partial charge in [-0.2, -0.15) is 0 Å². The number of nitrogens with one attached hydrogen (secondary N) is 1. The van der Waals surface area contributed by atoms with E-state index in [1.54, 1.807) is 6.33 Å². The van der Waals surface area contributed by atoms with E-state index in [9.17, 15) is 0 Å². The van der Waals surface area contributed by atoms with Crippen LogP contribution in [0.1, 0.15) is 11.4 Å². The van der Waals surface area contributed by atoms with Gasteiger partial charge >= 0.3 is 0 Å². The topological polar surface area (TPSA) is 27.0 Å². The molecule has 1 rings (SSSR count). The average Bonchev–Trinajstić information content (AvgIpc) is 1.64. The third-order valence-corrected chi connectivity index (χ3v) is 0.986. The fraction of sp³-hybridized carbons (Fsp3) is 0.333. The molecule has 0 aliphatic carbocycles. The Morgan fingerprint density at radius 1 is 1.50 bits per heavy atom. The molecule has 2 heteroatoms. The number of H-pyrrole nitrogens is 1. The van der Waals surface area contributed by atoms with Crippen LogP contribution in [0.3, 0.4) is 0 Å². The molecule has 0 bridgehead atoms. The summed E-state index contributed by atoms with van der Waals surface area (Å²) < 4.78 is 0. The zero-order chi connectivity index (χ0) is 5.98. The molecule has 1 N–H and O–H groups in total. The Morgan fingerprint density at radius 3 is 2.62 bits per heavy atom. The Balaban J connectivity index is 3.08. The van der Waals surface area contributed by atoms with Gasteiger partial charge in [-0.05, 0) is 6.92 Å². The van der Waals surface area contributed by atoms with Crippen LogP contribution in [0.25, 0.3) is 0 Å². The summed E-state index contributed by atoms with van der Waals surface area (Å²) in [7, 11) is 0. The summed E-state index contributed by atoms with van der Waals surface area (Å²) in [5, 5.41) is 0. The molecule has 42 valence electrons. The van der Waals surface area contributed by atoms with Gasteiger partial charge in [0.2, 0.25) is 0 Å². The Bertz CT molecular complexity index is 166. The maximum absolute atomic E-state index is 3.98. The highest BCUT2D eigenvalue weighted by Crippen LogP contribution is 1.87. The Labute approximate surface area is 48.6 Å². The number of aromatic amines is 1. The van der Waals surface area contributed by atoms with Crippen LogP contribution in [0.2, 0.25) is 0 Å². The van der Waals surface area contributed by atoms with Crippen LogP contribution in [-0.4, -0.2) is 4.98 Å². The van der Waals surface area contributed by atoms with Crippen molar-refractivity contribution < 1.29 is 4.98 Å². The van der Waals surface area contributed by atoms with Crippen molar-refractivity contribution in [3.05, 3.63) is 23.8 Å². The fourth-order valence-corrected chi connectivity index (χ4v) is 0.628. The highest BCUT2D eigenvalue weighted by atomic mass is 14.8. The van der Waals surface area contributed by atoms with Crippen molar-refractivity contribution in [1.29, 1.82) is 0 Å². The second-order valence-corrected chi connectivity index (χ2v) is 1.87. The molecular weight excluding hydrogens is 100 g/mol. The average molecular weight is 109 g/mol. The highest BCUT2D eigenvalue weighted by molar-refractivity contribution is 4.98. The lowest BCUT2D eigenvalue weighted by atomic mass is 10.4. The molecule has 1 aromatic heterocycles. The summed E-state index contributed by atoms with van der Waals surface area (Å²) in [5.41, 5.74) is 2.21. The number of aryl methyl sites for hydroxylation is 2. The largest absolute Gasteiger partial charge is 0.284 e. The van der Waals surface area contributed by atoms with Crippen LogP contribution in [0, 0.1) is 13.8 Å². The van der Waals surface area contributed by atoms with Gasteiger partial charge in [0.1, 0.15) is 5.69 Å². The van der Waals surface area contributed by atoms with Crippen LogP contribution in [0.15, 0.2) is 12.4 Å². The number of aromatic nitrogens is 2.